The minimum Gasteiger partial charge on any atom is -0.495 e. The van der Waals surface area contributed by atoms with Gasteiger partial charge in [0.2, 0.25) is 11.8 Å². The maximum Gasteiger partial charge on any atom is 0.240 e. The van der Waals surface area contributed by atoms with Gasteiger partial charge in [0.1, 0.15) is 11.2 Å². The highest BCUT2D eigenvalue weighted by Crippen LogP contribution is 2.47. The fraction of sp³-hybridized carbons (Fsp3) is 0.500. The van der Waals surface area contributed by atoms with E-state index in [1.807, 2.05) is 12.1 Å². The lowest BCUT2D eigenvalue weighted by Gasteiger charge is -2.16. The second kappa shape index (κ2) is 7.26. The second-order valence-corrected chi connectivity index (χ2v) is 5.34. The van der Waals surface area contributed by atoms with Crippen LogP contribution in [0.25, 0.3) is 0 Å². The molecule has 0 bridgehead atoms. The van der Waals surface area contributed by atoms with Crippen LogP contribution in [0.3, 0.4) is 0 Å². The molecule has 0 heterocycles. The van der Waals surface area contributed by atoms with Crippen molar-refractivity contribution in [1.82, 2.24) is 5.32 Å². The lowest BCUT2D eigenvalue weighted by molar-refractivity contribution is -0.134. The fourth-order valence-corrected chi connectivity index (χ4v) is 2.26. The smallest absolute Gasteiger partial charge is 0.240 e. The molecule has 0 aliphatic heterocycles. The molecule has 2 N–H and O–H groups in total. The summed E-state index contributed by atoms with van der Waals surface area (Å²) in [5.41, 5.74) is -0.359. The number of hydrogen-bond donors (Lipinski definition) is 2. The SMILES string of the molecule is COCCCNC(=O)C1(C(=O)Nc2ccccc2OC)CC1. The van der Waals surface area contributed by atoms with Crippen molar-refractivity contribution in [3.8, 4) is 5.75 Å². The van der Waals surface area contributed by atoms with Crippen LogP contribution in [0.5, 0.6) is 5.75 Å². The predicted octanol–water partition coefficient (Wildman–Crippen LogP) is 1.57. The number of anilines is 1. The summed E-state index contributed by atoms with van der Waals surface area (Å²) in [7, 11) is 3.16. The number of para-hydroxylation sites is 2. The quantitative estimate of drug-likeness (QED) is 0.564. The molecule has 1 aromatic rings. The van der Waals surface area contributed by atoms with Gasteiger partial charge in [-0.15, -0.1) is 0 Å². The summed E-state index contributed by atoms with van der Waals surface area (Å²) in [5.74, 6) is 0.0874. The topological polar surface area (TPSA) is 76.7 Å². The highest BCUT2D eigenvalue weighted by Gasteiger charge is 2.56. The Labute approximate surface area is 130 Å². The van der Waals surface area contributed by atoms with Crippen molar-refractivity contribution in [3.63, 3.8) is 0 Å². The van der Waals surface area contributed by atoms with Gasteiger partial charge in [0.25, 0.3) is 0 Å². The molecule has 0 saturated heterocycles. The molecule has 120 valence electrons. The number of ether oxygens (including phenoxy) is 2. The molecule has 22 heavy (non-hydrogen) atoms. The summed E-state index contributed by atoms with van der Waals surface area (Å²) in [6.07, 6.45) is 1.88. The van der Waals surface area contributed by atoms with Gasteiger partial charge >= 0.3 is 0 Å². The van der Waals surface area contributed by atoms with Crippen LogP contribution in [0.1, 0.15) is 19.3 Å². The van der Waals surface area contributed by atoms with E-state index in [2.05, 4.69) is 10.6 Å². The number of methoxy groups -OCH3 is 2. The summed E-state index contributed by atoms with van der Waals surface area (Å²) in [5, 5.41) is 5.60. The van der Waals surface area contributed by atoms with E-state index >= 15 is 0 Å². The average molecular weight is 306 g/mol. The molecule has 2 amide bonds. The van der Waals surface area contributed by atoms with Crippen molar-refractivity contribution < 1.29 is 19.1 Å². The van der Waals surface area contributed by atoms with Gasteiger partial charge in [0.15, 0.2) is 0 Å². The Hall–Kier alpha value is -2.08. The zero-order chi connectivity index (χ0) is 16.0. The summed E-state index contributed by atoms with van der Waals surface area (Å²) in [4.78, 5) is 24.7. The Morgan fingerprint density at radius 3 is 2.55 bits per heavy atom. The predicted molar refractivity (Wildman–Crippen MR) is 82.8 cm³/mol. The molecule has 1 saturated carbocycles. The van der Waals surface area contributed by atoms with Crippen LogP contribution in [0.15, 0.2) is 24.3 Å². The van der Waals surface area contributed by atoms with Gasteiger partial charge in [-0.25, -0.2) is 0 Å². The van der Waals surface area contributed by atoms with Crippen LogP contribution in [0, 0.1) is 5.41 Å². The first-order valence-corrected chi connectivity index (χ1v) is 7.36. The van der Waals surface area contributed by atoms with Crippen LogP contribution >= 0.6 is 0 Å². The first kappa shape index (κ1) is 16.3. The third-order valence-corrected chi connectivity index (χ3v) is 3.79. The molecule has 2 rings (SSSR count). The van der Waals surface area contributed by atoms with Crippen LogP contribution in [-0.4, -0.2) is 39.2 Å². The molecule has 6 heteroatoms. The first-order chi connectivity index (χ1) is 10.6. The monoisotopic (exact) mass is 306 g/mol. The Kier molecular flexibility index (Phi) is 5.38. The third-order valence-electron chi connectivity index (χ3n) is 3.79. The van der Waals surface area contributed by atoms with Crippen molar-refractivity contribution in [3.05, 3.63) is 24.3 Å². The standard InChI is InChI=1S/C16H22N2O4/c1-21-11-5-10-17-14(19)16(8-9-16)15(20)18-12-6-3-4-7-13(12)22-2/h3-4,6-7H,5,8-11H2,1-2H3,(H,17,19)(H,18,20). The van der Waals surface area contributed by atoms with E-state index < -0.39 is 5.41 Å². The van der Waals surface area contributed by atoms with Crippen LogP contribution < -0.4 is 15.4 Å². The van der Waals surface area contributed by atoms with E-state index in [4.69, 9.17) is 9.47 Å². The van der Waals surface area contributed by atoms with E-state index in [0.717, 1.165) is 6.42 Å². The van der Waals surface area contributed by atoms with Crippen LogP contribution in [0.2, 0.25) is 0 Å². The molecule has 1 fully saturated rings. The Morgan fingerprint density at radius 2 is 1.91 bits per heavy atom. The Morgan fingerprint density at radius 1 is 1.18 bits per heavy atom. The van der Waals surface area contributed by atoms with Crippen LogP contribution in [0.4, 0.5) is 5.69 Å². The fourth-order valence-electron chi connectivity index (χ4n) is 2.26. The van der Waals surface area contributed by atoms with Gasteiger partial charge in [-0.05, 0) is 31.4 Å². The van der Waals surface area contributed by atoms with Crippen molar-refractivity contribution in [2.45, 2.75) is 19.3 Å². The summed E-state index contributed by atoms with van der Waals surface area (Å²) < 4.78 is 10.1. The Balaban J connectivity index is 1.95. The van der Waals surface area contributed by atoms with Crippen molar-refractivity contribution in [2.75, 3.05) is 32.7 Å². The molecule has 1 aromatic carbocycles. The first-order valence-electron chi connectivity index (χ1n) is 7.36. The molecular formula is C16H22N2O4. The van der Waals surface area contributed by atoms with E-state index in [0.29, 0.717) is 37.4 Å². The molecule has 0 spiro atoms. The third kappa shape index (κ3) is 3.57. The Bertz CT molecular complexity index is 541. The van der Waals surface area contributed by atoms with Crippen molar-refractivity contribution in [1.29, 1.82) is 0 Å². The number of hydrogen-bond acceptors (Lipinski definition) is 4. The largest absolute Gasteiger partial charge is 0.495 e. The zero-order valence-corrected chi connectivity index (χ0v) is 13.0. The summed E-state index contributed by atoms with van der Waals surface area (Å²) >= 11 is 0. The molecule has 1 aliphatic rings. The highest BCUT2D eigenvalue weighted by molar-refractivity contribution is 6.13. The van der Waals surface area contributed by atoms with Gasteiger partial charge in [-0.2, -0.15) is 0 Å². The van der Waals surface area contributed by atoms with Gasteiger partial charge in [0, 0.05) is 20.3 Å². The van der Waals surface area contributed by atoms with Crippen LogP contribution in [-0.2, 0) is 14.3 Å². The van der Waals surface area contributed by atoms with Crippen molar-refractivity contribution >= 4 is 17.5 Å². The van der Waals surface area contributed by atoms with Gasteiger partial charge < -0.3 is 20.1 Å². The molecule has 0 aromatic heterocycles. The number of nitrogens with one attached hydrogen (secondary N) is 2. The molecule has 0 unspecified atom stereocenters. The highest BCUT2D eigenvalue weighted by atomic mass is 16.5. The number of carbonyl (C=O) groups is 2. The number of benzene rings is 1. The van der Waals surface area contributed by atoms with Crippen molar-refractivity contribution in [2.24, 2.45) is 5.41 Å². The maximum absolute atomic E-state index is 12.4. The number of carbonyl (C=O) groups excluding carboxylic acids is 2. The second-order valence-electron chi connectivity index (χ2n) is 5.34. The molecule has 0 atom stereocenters. The lowest BCUT2D eigenvalue weighted by Crippen LogP contribution is -2.40. The molecule has 6 nitrogen and oxygen atoms in total. The van der Waals surface area contributed by atoms with Gasteiger partial charge in [-0.3, -0.25) is 9.59 Å². The lowest BCUT2D eigenvalue weighted by atomic mass is 10.0. The number of amides is 2. The van der Waals surface area contributed by atoms with E-state index in [-0.39, 0.29) is 11.8 Å². The minimum atomic E-state index is -0.937. The normalized spacial score (nSPS) is 15.0. The molecule has 0 radical (unpaired) electrons. The minimum absolute atomic E-state index is 0.212. The maximum atomic E-state index is 12.4. The average Bonchev–Trinajstić information content (AvgIpc) is 3.34. The zero-order valence-electron chi connectivity index (χ0n) is 13.0. The molecule has 1 aliphatic carbocycles. The summed E-state index contributed by atoms with van der Waals surface area (Å²) in [6, 6.07) is 7.15. The number of rotatable bonds is 8. The van der Waals surface area contributed by atoms with E-state index in [1.54, 1.807) is 26.4 Å². The molecular weight excluding hydrogens is 284 g/mol. The van der Waals surface area contributed by atoms with E-state index in [9.17, 15) is 9.59 Å². The summed E-state index contributed by atoms with van der Waals surface area (Å²) in [6.45, 7) is 1.09. The van der Waals surface area contributed by atoms with Gasteiger partial charge in [-0.1, -0.05) is 12.1 Å². The van der Waals surface area contributed by atoms with Gasteiger partial charge in [0.05, 0.1) is 12.8 Å². The van der Waals surface area contributed by atoms with E-state index in [1.165, 1.54) is 0 Å².